The summed E-state index contributed by atoms with van der Waals surface area (Å²) >= 11 is 0. The van der Waals surface area contributed by atoms with E-state index in [2.05, 4.69) is 27.8 Å². The van der Waals surface area contributed by atoms with E-state index in [9.17, 15) is 5.11 Å². The van der Waals surface area contributed by atoms with Gasteiger partial charge in [0.2, 0.25) is 0 Å². The molecular weight excluding hydrogens is 238 g/mol. The van der Waals surface area contributed by atoms with Gasteiger partial charge in [-0.2, -0.15) is 0 Å². The van der Waals surface area contributed by atoms with Crippen molar-refractivity contribution in [2.75, 3.05) is 0 Å². The van der Waals surface area contributed by atoms with Crippen molar-refractivity contribution in [3.8, 4) is 11.3 Å². The molecule has 1 aromatic carbocycles. The number of benzene rings is 1. The molecule has 2 aromatic heterocycles. The first-order valence-corrected chi connectivity index (χ1v) is 6.29. The largest absolute Gasteiger partial charge is 0.392 e. The minimum Gasteiger partial charge on any atom is -0.392 e. The molecule has 0 amide bonds. The van der Waals surface area contributed by atoms with Gasteiger partial charge in [-0.3, -0.25) is 0 Å². The number of aliphatic hydroxyl groups is 1. The Morgan fingerprint density at radius 1 is 1.21 bits per heavy atom. The zero-order chi connectivity index (χ0) is 13.6. The van der Waals surface area contributed by atoms with Crippen LogP contribution in [0.5, 0.6) is 0 Å². The Balaban J connectivity index is 2.18. The molecule has 19 heavy (non-hydrogen) atoms. The van der Waals surface area contributed by atoms with Crippen molar-refractivity contribution in [2.45, 2.75) is 13.5 Å². The van der Waals surface area contributed by atoms with Crippen molar-refractivity contribution in [1.29, 1.82) is 0 Å². The molecule has 0 aliphatic rings. The fraction of sp³-hybridized carbons (Fsp3) is 0.267. The molecule has 3 aromatic rings. The Bertz CT molecular complexity index is 752. The van der Waals surface area contributed by atoms with Crippen molar-refractivity contribution in [3.05, 3.63) is 41.9 Å². The molecule has 98 valence electrons. The number of aromatic nitrogens is 3. The molecule has 0 saturated heterocycles. The molecule has 0 aliphatic heterocycles. The summed E-state index contributed by atoms with van der Waals surface area (Å²) < 4.78 is 4.12. The van der Waals surface area contributed by atoms with Gasteiger partial charge in [0.25, 0.3) is 0 Å². The highest BCUT2D eigenvalue weighted by Crippen LogP contribution is 2.27. The highest BCUT2D eigenvalue weighted by Gasteiger charge is 2.11. The minimum atomic E-state index is 0.0749. The van der Waals surface area contributed by atoms with Crippen LogP contribution in [0.2, 0.25) is 0 Å². The van der Waals surface area contributed by atoms with Crippen LogP contribution in [0.4, 0.5) is 0 Å². The summed E-state index contributed by atoms with van der Waals surface area (Å²) in [6, 6.07) is 8.31. The lowest BCUT2D eigenvalue weighted by Gasteiger charge is -2.05. The van der Waals surface area contributed by atoms with Crippen molar-refractivity contribution in [3.63, 3.8) is 0 Å². The number of imidazole rings is 1. The Morgan fingerprint density at radius 3 is 2.68 bits per heavy atom. The molecule has 0 radical (unpaired) electrons. The highest BCUT2D eigenvalue weighted by atomic mass is 16.3. The standard InChI is InChI=1S/C15H17N3O/c1-10-12(8-19)7-15(18(10)3)11-4-5-14-13(6-11)16-9-17(14)2/h4-7,9,19H,8H2,1-3H3. The normalized spacial score (nSPS) is 11.4. The lowest BCUT2D eigenvalue weighted by atomic mass is 10.1. The number of nitrogens with zero attached hydrogens (tertiary/aromatic N) is 3. The Labute approximate surface area is 111 Å². The number of hydrogen-bond donors (Lipinski definition) is 1. The molecule has 0 saturated carbocycles. The van der Waals surface area contributed by atoms with Gasteiger partial charge in [-0.25, -0.2) is 4.98 Å². The molecule has 0 aliphatic carbocycles. The van der Waals surface area contributed by atoms with Crippen LogP contribution >= 0.6 is 0 Å². The quantitative estimate of drug-likeness (QED) is 0.764. The molecule has 3 rings (SSSR count). The van der Waals surface area contributed by atoms with E-state index in [0.29, 0.717) is 0 Å². The predicted octanol–water partition coefficient (Wildman–Crippen LogP) is 2.38. The highest BCUT2D eigenvalue weighted by molar-refractivity contribution is 5.81. The third kappa shape index (κ3) is 1.76. The molecule has 0 fully saturated rings. The number of aliphatic hydroxyl groups excluding tert-OH is 1. The van der Waals surface area contributed by atoms with E-state index in [0.717, 1.165) is 33.5 Å². The number of rotatable bonds is 2. The lowest BCUT2D eigenvalue weighted by molar-refractivity contribution is 0.281. The Kier molecular flexibility index (Phi) is 2.68. The minimum absolute atomic E-state index is 0.0749. The van der Waals surface area contributed by atoms with Gasteiger partial charge >= 0.3 is 0 Å². The Morgan fingerprint density at radius 2 is 2.00 bits per heavy atom. The van der Waals surface area contributed by atoms with E-state index >= 15 is 0 Å². The van der Waals surface area contributed by atoms with Crippen molar-refractivity contribution < 1.29 is 5.11 Å². The first kappa shape index (κ1) is 12.0. The van der Waals surface area contributed by atoms with Gasteiger partial charge in [0, 0.05) is 31.0 Å². The van der Waals surface area contributed by atoms with Crippen molar-refractivity contribution in [1.82, 2.24) is 14.1 Å². The summed E-state index contributed by atoms with van der Waals surface area (Å²) in [7, 11) is 4.01. The van der Waals surface area contributed by atoms with Crippen LogP contribution in [0.25, 0.3) is 22.3 Å². The molecule has 2 heterocycles. The van der Waals surface area contributed by atoms with Crippen LogP contribution in [-0.2, 0) is 20.7 Å². The summed E-state index contributed by atoms with van der Waals surface area (Å²) in [5.74, 6) is 0. The second kappa shape index (κ2) is 4.24. The van der Waals surface area contributed by atoms with Crippen molar-refractivity contribution in [2.24, 2.45) is 14.1 Å². The van der Waals surface area contributed by atoms with Crippen LogP contribution in [0.1, 0.15) is 11.3 Å². The predicted molar refractivity (Wildman–Crippen MR) is 75.8 cm³/mol. The molecule has 0 spiro atoms. The molecule has 0 bridgehead atoms. The van der Waals surface area contributed by atoms with E-state index in [-0.39, 0.29) is 6.61 Å². The molecule has 0 atom stereocenters. The van der Waals surface area contributed by atoms with Crippen LogP contribution in [0.3, 0.4) is 0 Å². The van der Waals surface area contributed by atoms with Crippen molar-refractivity contribution >= 4 is 11.0 Å². The van der Waals surface area contributed by atoms with Gasteiger partial charge in [0.1, 0.15) is 0 Å². The Hall–Kier alpha value is -2.07. The van der Waals surface area contributed by atoms with Gasteiger partial charge < -0.3 is 14.2 Å². The zero-order valence-corrected chi connectivity index (χ0v) is 11.4. The topological polar surface area (TPSA) is 43.0 Å². The first-order valence-electron chi connectivity index (χ1n) is 6.29. The van der Waals surface area contributed by atoms with Crippen LogP contribution in [0, 0.1) is 6.92 Å². The molecule has 4 heteroatoms. The monoisotopic (exact) mass is 255 g/mol. The zero-order valence-electron chi connectivity index (χ0n) is 11.4. The third-order valence-corrected chi connectivity index (χ3v) is 3.83. The molecule has 0 unspecified atom stereocenters. The van der Waals surface area contributed by atoms with E-state index < -0.39 is 0 Å². The second-order valence-electron chi connectivity index (χ2n) is 4.92. The maximum absolute atomic E-state index is 9.35. The summed E-state index contributed by atoms with van der Waals surface area (Å²) in [5.41, 5.74) is 6.41. The summed E-state index contributed by atoms with van der Waals surface area (Å²) in [5, 5.41) is 9.35. The molecule has 1 N–H and O–H groups in total. The van der Waals surface area contributed by atoms with Crippen LogP contribution in [-0.4, -0.2) is 19.2 Å². The second-order valence-corrected chi connectivity index (χ2v) is 4.92. The van der Waals surface area contributed by atoms with E-state index in [4.69, 9.17) is 0 Å². The number of hydrogen-bond acceptors (Lipinski definition) is 2. The van der Waals surface area contributed by atoms with Gasteiger partial charge in [0.05, 0.1) is 24.0 Å². The third-order valence-electron chi connectivity index (χ3n) is 3.83. The van der Waals surface area contributed by atoms with Gasteiger partial charge in [-0.05, 0) is 30.7 Å². The van der Waals surface area contributed by atoms with Gasteiger partial charge in [-0.15, -0.1) is 0 Å². The average molecular weight is 255 g/mol. The summed E-state index contributed by atoms with van der Waals surface area (Å²) in [4.78, 5) is 4.39. The van der Waals surface area contributed by atoms with Gasteiger partial charge in [0.15, 0.2) is 0 Å². The van der Waals surface area contributed by atoms with E-state index in [1.165, 1.54) is 0 Å². The fourth-order valence-electron chi connectivity index (χ4n) is 2.49. The van der Waals surface area contributed by atoms with E-state index in [1.54, 1.807) is 0 Å². The maximum Gasteiger partial charge on any atom is 0.0955 e. The first-order chi connectivity index (χ1) is 9.11. The fourth-order valence-corrected chi connectivity index (χ4v) is 2.49. The van der Waals surface area contributed by atoms with Gasteiger partial charge in [-0.1, -0.05) is 6.07 Å². The van der Waals surface area contributed by atoms with Crippen LogP contribution in [0.15, 0.2) is 30.6 Å². The summed E-state index contributed by atoms with van der Waals surface area (Å²) in [6.45, 7) is 2.10. The SMILES string of the molecule is Cc1c(CO)cc(-c2ccc3c(c2)ncn3C)n1C. The van der Waals surface area contributed by atoms with Crippen LogP contribution < -0.4 is 0 Å². The average Bonchev–Trinajstić information content (AvgIpc) is 2.92. The smallest absolute Gasteiger partial charge is 0.0955 e. The van der Waals surface area contributed by atoms with E-state index in [1.807, 2.05) is 38.0 Å². The number of fused-ring (bicyclic) bond motifs is 1. The maximum atomic E-state index is 9.35. The molecular formula is C15H17N3O. The molecule has 4 nitrogen and oxygen atoms in total. The summed E-state index contributed by atoms with van der Waals surface area (Å²) in [6.07, 6.45) is 1.82. The lowest BCUT2D eigenvalue weighted by Crippen LogP contribution is -1.95. The number of aryl methyl sites for hydroxylation is 1.